The molecule has 0 spiro atoms. The fraction of sp³-hybridized carbons (Fsp3) is 0.550. The molecule has 0 aliphatic carbocycles. The first-order valence-corrected chi connectivity index (χ1v) is 11.0. The van der Waals surface area contributed by atoms with E-state index in [-0.39, 0.29) is 17.6 Å². The molecule has 10 heteroatoms. The van der Waals surface area contributed by atoms with Gasteiger partial charge in [-0.2, -0.15) is 0 Å². The number of thioether (sulfide) groups is 1. The fourth-order valence-corrected chi connectivity index (χ4v) is 5.13. The van der Waals surface area contributed by atoms with E-state index < -0.39 is 35.5 Å². The summed E-state index contributed by atoms with van der Waals surface area (Å²) in [6, 6.07) is 5.93. The minimum atomic E-state index is -0.617. The lowest BCUT2D eigenvalue weighted by Gasteiger charge is -2.50. The van der Waals surface area contributed by atoms with Crippen LogP contribution in [0.3, 0.4) is 0 Å². The molecule has 0 radical (unpaired) electrons. The van der Waals surface area contributed by atoms with Crippen molar-refractivity contribution in [1.29, 1.82) is 0 Å². The Morgan fingerprint density at radius 1 is 1.17 bits per heavy atom. The molecule has 1 aromatic carbocycles. The van der Waals surface area contributed by atoms with Gasteiger partial charge in [0.15, 0.2) is 0 Å². The molecule has 2 aliphatic rings. The number of hydrogen-bond donors (Lipinski definition) is 2. The van der Waals surface area contributed by atoms with E-state index in [0.717, 1.165) is 4.90 Å². The van der Waals surface area contributed by atoms with Crippen molar-refractivity contribution >= 4 is 29.6 Å². The molecule has 4 unspecified atom stereocenters. The Morgan fingerprint density at radius 2 is 1.83 bits per heavy atom. The van der Waals surface area contributed by atoms with Crippen molar-refractivity contribution in [2.75, 3.05) is 32.9 Å². The van der Waals surface area contributed by atoms with Gasteiger partial charge in [-0.05, 0) is 19.9 Å². The van der Waals surface area contributed by atoms with Gasteiger partial charge in [-0.1, -0.05) is 18.2 Å². The number of urea groups is 1. The summed E-state index contributed by atoms with van der Waals surface area (Å²) in [4.78, 5) is 42.2. The summed E-state index contributed by atoms with van der Waals surface area (Å²) in [5.41, 5.74) is 0.392. The number of nitrogens with one attached hydrogen (secondary N) is 2. The number of benzene rings is 1. The molecule has 0 saturated carbocycles. The molecule has 1 aromatic rings. The van der Waals surface area contributed by atoms with Crippen LogP contribution in [0.5, 0.6) is 0 Å². The number of imide groups is 1. The highest BCUT2D eigenvalue weighted by molar-refractivity contribution is 8.00. The van der Waals surface area contributed by atoms with E-state index in [1.54, 1.807) is 30.1 Å². The van der Waals surface area contributed by atoms with Crippen molar-refractivity contribution in [2.24, 2.45) is 5.92 Å². The molecule has 8 nitrogen and oxygen atoms in total. The Hall–Kier alpha value is -2.17. The number of carbonyl (C=O) groups is 3. The van der Waals surface area contributed by atoms with Gasteiger partial charge in [0.25, 0.3) is 0 Å². The van der Waals surface area contributed by atoms with Gasteiger partial charge in [0.2, 0.25) is 11.8 Å². The second kappa shape index (κ2) is 9.32. The number of hydrogen-bond acceptors (Lipinski definition) is 6. The van der Waals surface area contributed by atoms with Crippen LogP contribution in [0.2, 0.25) is 0 Å². The Labute approximate surface area is 180 Å². The molecule has 2 heterocycles. The van der Waals surface area contributed by atoms with E-state index in [4.69, 9.17) is 0 Å². The predicted molar refractivity (Wildman–Crippen MR) is 113 cm³/mol. The lowest BCUT2D eigenvalue weighted by atomic mass is 9.96. The van der Waals surface area contributed by atoms with E-state index in [1.165, 1.54) is 29.8 Å². The number of nitrogens with zero attached hydrogens (tertiary/aromatic N) is 3. The van der Waals surface area contributed by atoms with E-state index in [2.05, 4.69) is 10.6 Å². The second-order valence-corrected chi connectivity index (χ2v) is 8.48. The van der Waals surface area contributed by atoms with Crippen molar-refractivity contribution in [2.45, 2.75) is 31.6 Å². The first-order chi connectivity index (χ1) is 14.3. The van der Waals surface area contributed by atoms with E-state index in [0.29, 0.717) is 18.7 Å². The summed E-state index contributed by atoms with van der Waals surface area (Å²) in [7, 11) is 3.06. The van der Waals surface area contributed by atoms with Gasteiger partial charge in [-0.15, -0.1) is 11.8 Å². The van der Waals surface area contributed by atoms with Gasteiger partial charge < -0.3 is 9.80 Å². The maximum Gasteiger partial charge on any atom is 0.327 e. The maximum atomic E-state index is 14.4. The minimum Gasteiger partial charge on any atom is -0.343 e. The molecule has 2 N–H and O–H groups in total. The van der Waals surface area contributed by atoms with Crippen LogP contribution in [0.15, 0.2) is 24.3 Å². The van der Waals surface area contributed by atoms with Gasteiger partial charge in [-0.3, -0.25) is 25.1 Å². The van der Waals surface area contributed by atoms with Gasteiger partial charge in [0, 0.05) is 32.7 Å². The summed E-state index contributed by atoms with van der Waals surface area (Å²) < 4.78 is 14.4. The van der Waals surface area contributed by atoms with Crippen molar-refractivity contribution in [3.8, 4) is 0 Å². The summed E-state index contributed by atoms with van der Waals surface area (Å²) in [5, 5.41) is 6.01. The van der Waals surface area contributed by atoms with Crippen molar-refractivity contribution in [3.63, 3.8) is 0 Å². The van der Waals surface area contributed by atoms with Crippen molar-refractivity contribution in [3.05, 3.63) is 35.6 Å². The van der Waals surface area contributed by atoms with E-state index in [1.807, 2.05) is 13.8 Å². The number of amides is 4. The average molecular weight is 438 g/mol. The zero-order valence-corrected chi connectivity index (χ0v) is 18.4. The maximum absolute atomic E-state index is 14.4. The Kier molecular flexibility index (Phi) is 6.99. The summed E-state index contributed by atoms with van der Waals surface area (Å²) in [6.07, 6.45) is -1.23. The van der Waals surface area contributed by atoms with Crippen LogP contribution in [0, 0.1) is 11.7 Å². The Morgan fingerprint density at radius 3 is 2.47 bits per heavy atom. The van der Waals surface area contributed by atoms with Crippen LogP contribution in [0.4, 0.5) is 9.18 Å². The monoisotopic (exact) mass is 437 g/mol. The molecule has 3 rings (SSSR count). The largest absolute Gasteiger partial charge is 0.343 e. The van der Waals surface area contributed by atoms with Gasteiger partial charge in [0.05, 0.1) is 29.4 Å². The molecule has 0 aromatic heterocycles. The molecule has 0 bridgehead atoms. The van der Waals surface area contributed by atoms with Crippen LogP contribution in [0.1, 0.15) is 25.6 Å². The van der Waals surface area contributed by atoms with Crippen molar-refractivity contribution in [1.82, 2.24) is 25.3 Å². The standard InChI is InChI=1S/C20H28FN5O3S/c1-5-26(6-2)14(27)11-30-18-15-17(24(3)20(29)25(4)19(15)28)22-16(23-18)12-9-7-8-10-13(12)21/h7-10,15-18,22-23H,5-6,11H2,1-4H3. The van der Waals surface area contributed by atoms with Gasteiger partial charge in [-0.25, -0.2) is 9.18 Å². The summed E-state index contributed by atoms with van der Waals surface area (Å²) in [5.74, 6) is -1.18. The molecular weight excluding hydrogens is 409 g/mol. The molecule has 4 atom stereocenters. The van der Waals surface area contributed by atoms with Crippen LogP contribution < -0.4 is 10.6 Å². The zero-order chi connectivity index (χ0) is 22.0. The normalized spacial score (nSPS) is 26.6. The topological polar surface area (TPSA) is 85.0 Å². The lowest BCUT2D eigenvalue weighted by Crippen LogP contribution is -2.72. The Bertz CT molecular complexity index is 821. The molecule has 2 fully saturated rings. The first kappa shape index (κ1) is 22.5. The second-order valence-electron chi connectivity index (χ2n) is 7.35. The predicted octanol–water partition coefficient (Wildman–Crippen LogP) is 1.41. The van der Waals surface area contributed by atoms with Gasteiger partial charge in [0.1, 0.15) is 5.82 Å². The molecule has 30 heavy (non-hydrogen) atoms. The molecule has 4 amide bonds. The third kappa shape index (κ3) is 4.17. The number of carbonyl (C=O) groups excluding carboxylic acids is 3. The lowest BCUT2D eigenvalue weighted by molar-refractivity contribution is -0.140. The number of halogens is 1. The molecule has 2 aliphatic heterocycles. The van der Waals surface area contributed by atoms with Crippen LogP contribution in [-0.2, 0) is 9.59 Å². The van der Waals surface area contributed by atoms with Crippen LogP contribution in [-0.4, -0.2) is 77.0 Å². The number of fused-ring (bicyclic) bond motifs is 1. The van der Waals surface area contributed by atoms with E-state index >= 15 is 0 Å². The van der Waals surface area contributed by atoms with Crippen LogP contribution in [0.25, 0.3) is 0 Å². The number of rotatable bonds is 6. The first-order valence-electron chi connectivity index (χ1n) is 10.00. The smallest absolute Gasteiger partial charge is 0.327 e. The highest BCUT2D eigenvalue weighted by Crippen LogP contribution is 2.34. The molecule has 164 valence electrons. The minimum absolute atomic E-state index is 0.0228. The SMILES string of the molecule is CCN(CC)C(=O)CSC1NC(c2ccccc2F)NC2C1C(=O)N(C)C(=O)N2C. The summed E-state index contributed by atoms with van der Waals surface area (Å²) >= 11 is 1.31. The average Bonchev–Trinajstić information content (AvgIpc) is 2.75. The third-order valence-electron chi connectivity index (χ3n) is 5.68. The quantitative estimate of drug-likeness (QED) is 0.700. The highest BCUT2D eigenvalue weighted by Gasteiger charge is 2.51. The van der Waals surface area contributed by atoms with Crippen molar-refractivity contribution < 1.29 is 18.8 Å². The molecule has 2 saturated heterocycles. The third-order valence-corrected chi connectivity index (χ3v) is 6.88. The highest BCUT2D eigenvalue weighted by atomic mass is 32.2. The summed E-state index contributed by atoms with van der Waals surface area (Å²) in [6.45, 7) is 5.05. The Balaban J connectivity index is 1.88. The molecular formula is C20H28FN5O3S. The van der Waals surface area contributed by atoms with E-state index in [9.17, 15) is 18.8 Å². The van der Waals surface area contributed by atoms with Gasteiger partial charge >= 0.3 is 6.03 Å². The van der Waals surface area contributed by atoms with Crippen LogP contribution >= 0.6 is 11.8 Å². The fourth-order valence-electron chi connectivity index (χ4n) is 3.92. The zero-order valence-electron chi connectivity index (χ0n) is 17.6.